The van der Waals surface area contributed by atoms with E-state index in [-0.39, 0.29) is 0 Å². The van der Waals surface area contributed by atoms with Crippen LogP contribution in [-0.2, 0) is 13.0 Å². The molecule has 4 nitrogen and oxygen atoms in total. The number of methoxy groups -OCH3 is 2. The molecule has 0 bridgehead atoms. The average Bonchev–Trinajstić information content (AvgIpc) is 2.72. The first kappa shape index (κ1) is 18.0. The van der Waals surface area contributed by atoms with Gasteiger partial charge in [0.1, 0.15) is 11.5 Å². The smallest absolute Gasteiger partial charge is 0.130 e. The highest BCUT2D eigenvalue weighted by atomic mass is 16.5. The Kier molecular flexibility index (Phi) is 6.23. The van der Waals surface area contributed by atoms with Gasteiger partial charge in [-0.25, -0.2) is 0 Å². The molecule has 3 aromatic rings. The van der Waals surface area contributed by atoms with E-state index in [0.29, 0.717) is 0 Å². The lowest BCUT2D eigenvalue weighted by Gasteiger charge is -2.16. The number of ether oxygens (including phenoxy) is 2. The molecule has 0 unspecified atom stereocenters. The van der Waals surface area contributed by atoms with E-state index in [2.05, 4.69) is 34.6 Å². The van der Waals surface area contributed by atoms with Crippen LogP contribution in [0, 0.1) is 0 Å². The van der Waals surface area contributed by atoms with Crippen molar-refractivity contribution in [3.05, 3.63) is 78.1 Å². The molecule has 0 aliphatic carbocycles. The molecule has 1 N–H and O–H groups in total. The van der Waals surface area contributed by atoms with Crippen molar-refractivity contribution in [2.45, 2.75) is 13.0 Å². The fourth-order valence-corrected chi connectivity index (χ4v) is 2.95. The zero-order chi connectivity index (χ0) is 18.2. The molecule has 134 valence electrons. The van der Waals surface area contributed by atoms with Gasteiger partial charge in [0.05, 0.1) is 14.2 Å². The zero-order valence-corrected chi connectivity index (χ0v) is 15.2. The Bertz CT molecular complexity index is 820. The summed E-state index contributed by atoms with van der Waals surface area (Å²) >= 11 is 0. The largest absolute Gasteiger partial charge is 0.496 e. The summed E-state index contributed by atoms with van der Waals surface area (Å²) in [6.45, 7) is 1.61. The molecule has 3 rings (SSSR count). The summed E-state index contributed by atoms with van der Waals surface area (Å²) in [5, 5.41) is 3.49. The Morgan fingerprint density at radius 2 is 1.73 bits per heavy atom. The Hall–Kier alpha value is -2.85. The van der Waals surface area contributed by atoms with Gasteiger partial charge in [0.15, 0.2) is 0 Å². The molecule has 1 aromatic heterocycles. The molecular formula is C22H24N2O2. The van der Waals surface area contributed by atoms with Crippen LogP contribution >= 0.6 is 0 Å². The van der Waals surface area contributed by atoms with E-state index in [1.807, 2.05) is 36.5 Å². The van der Waals surface area contributed by atoms with Crippen LogP contribution in [0.2, 0.25) is 0 Å². The van der Waals surface area contributed by atoms with Crippen molar-refractivity contribution in [1.82, 2.24) is 10.3 Å². The maximum Gasteiger partial charge on any atom is 0.130 e. The highest BCUT2D eigenvalue weighted by Crippen LogP contribution is 2.36. The molecule has 0 aliphatic heterocycles. The van der Waals surface area contributed by atoms with Crippen LogP contribution in [0.3, 0.4) is 0 Å². The second-order valence-corrected chi connectivity index (χ2v) is 6.02. The number of aromatic nitrogens is 1. The maximum absolute atomic E-state index is 5.57. The van der Waals surface area contributed by atoms with Crippen molar-refractivity contribution in [2.24, 2.45) is 0 Å². The summed E-state index contributed by atoms with van der Waals surface area (Å²) in [6, 6.07) is 18.4. The molecule has 0 fully saturated rings. The molecule has 26 heavy (non-hydrogen) atoms. The first-order valence-corrected chi connectivity index (χ1v) is 8.71. The number of benzene rings is 2. The fourth-order valence-electron chi connectivity index (χ4n) is 2.95. The lowest BCUT2D eigenvalue weighted by molar-refractivity contribution is 0.391. The highest BCUT2D eigenvalue weighted by Gasteiger charge is 2.12. The summed E-state index contributed by atoms with van der Waals surface area (Å²) in [7, 11) is 3.38. The molecule has 0 radical (unpaired) electrons. The lowest BCUT2D eigenvalue weighted by atomic mass is 10.0. The van der Waals surface area contributed by atoms with E-state index >= 15 is 0 Å². The minimum Gasteiger partial charge on any atom is -0.496 e. The average molecular weight is 348 g/mol. The molecule has 4 heteroatoms. The molecule has 0 saturated carbocycles. The molecule has 0 saturated heterocycles. The first-order chi connectivity index (χ1) is 12.8. The Morgan fingerprint density at radius 3 is 2.42 bits per heavy atom. The van der Waals surface area contributed by atoms with Gasteiger partial charge in [-0.15, -0.1) is 0 Å². The van der Waals surface area contributed by atoms with Crippen LogP contribution in [0.5, 0.6) is 11.5 Å². The molecule has 1 heterocycles. The normalized spacial score (nSPS) is 10.5. The maximum atomic E-state index is 5.57. The van der Waals surface area contributed by atoms with Crippen LogP contribution < -0.4 is 14.8 Å². The van der Waals surface area contributed by atoms with Crippen LogP contribution in [0.1, 0.15) is 11.1 Å². The Balaban J connectivity index is 1.75. The van der Waals surface area contributed by atoms with Crippen LogP contribution in [0.15, 0.2) is 67.0 Å². The standard InChI is InChI=1S/C22H24N2O2/c1-25-21-14-22(26-2)20(18-8-4-3-5-9-18)13-19(21)16-24-12-10-17-7-6-11-23-15-17/h3-9,11,13-15,24H,10,12,16H2,1-2H3. The molecular weight excluding hydrogens is 324 g/mol. The number of rotatable bonds is 8. The fraction of sp³-hybridized carbons (Fsp3) is 0.227. The zero-order valence-electron chi connectivity index (χ0n) is 15.2. The van der Waals surface area contributed by atoms with Gasteiger partial charge >= 0.3 is 0 Å². The SMILES string of the molecule is COc1cc(OC)c(-c2ccccc2)cc1CNCCc1cccnc1. The van der Waals surface area contributed by atoms with Crippen LogP contribution in [0.25, 0.3) is 11.1 Å². The van der Waals surface area contributed by atoms with E-state index in [1.54, 1.807) is 20.4 Å². The summed E-state index contributed by atoms with van der Waals surface area (Å²) in [5.41, 5.74) is 4.53. The third-order valence-corrected chi connectivity index (χ3v) is 4.32. The van der Waals surface area contributed by atoms with Crippen molar-refractivity contribution < 1.29 is 9.47 Å². The quantitative estimate of drug-likeness (QED) is 0.623. The van der Waals surface area contributed by atoms with E-state index in [0.717, 1.165) is 47.7 Å². The van der Waals surface area contributed by atoms with Gasteiger partial charge in [0.2, 0.25) is 0 Å². The van der Waals surface area contributed by atoms with Crippen LogP contribution in [-0.4, -0.2) is 25.7 Å². The minimum atomic E-state index is 0.729. The lowest BCUT2D eigenvalue weighted by Crippen LogP contribution is -2.17. The Morgan fingerprint density at radius 1 is 0.923 bits per heavy atom. The third-order valence-electron chi connectivity index (χ3n) is 4.32. The van der Waals surface area contributed by atoms with Gasteiger partial charge in [-0.1, -0.05) is 36.4 Å². The monoisotopic (exact) mass is 348 g/mol. The van der Waals surface area contributed by atoms with Crippen molar-refractivity contribution in [3.8, 4) is 22.6 Å². The predicted molar refractivity (Wildman–Crippen MR) is 105 cm³/mol. The molecule has 0 spiro atoms. The topological polar surface area (TPSA) is 43.4 Å². The van der Waals surface area contributed by atoms with Crippen molar-refractivity contribution in [2.75, 3.05) is 20.8 Å². The second kappa shape index (κ2) is 9.02. The number of hydrogen-bond donors (Lipinski definition) is 1. The molecule has 0 amide bonds. The third kappa shape index (κ3) is 4.41. The number of pyridine rings is 1. The molecule has 0 aliphatic rings. The summed E-state index contributed by atoms with van der Waals surface area (Å²) < 4.78 is 11.1. The Labute approximate surface area is 154 Å². The van der Waals surface area contributed by atoms with Gasteiger partial charge in [-0.05, 0) is 36.2 Å². The summed E-state index contributed by atoms with van der Waals surface area (Å²) in [4.78, 5) is 4.15. The summed E-state index contributed by atoms with van der Waals surface area (Å²) in [5.74, 6) is 1.64. The van der Waals surface area contributed by atoms with Crippen molar-refractivity contribution in [3.63, 3.8) is 0 Å². The van der Waals surface area contributed by atoms with E-state index in [4.69, 9.17) is 9.47 Å². The van der Waals surface area contributed by atoms with Gasteiger partial charge in [0, 0.05) is 36.1 Å². The van der Waals surface area contributed by atoms with E-state index < -0.39 is 0 Å². The van der Waals surface area contributed by atoms with Gasteiger partial charge in [0.25, 0.3) is 0 Å². The molecule has 0 atom stereocenters. The van der Waals surface area contributed by atoms with Crippen LogP contribution in [0.4, 0.5) is 0 Å². The highest BCUT2D eigenvalue weighted by molar-refractivity contribution is 5.73. The van der Waals surface area contributed by atoms with Gasteiger partial charge in [-0.3, -0.25) is 4.98 Å². The number of nitrogens with zero attached hydrogens (tertiary/aromatic N) is 1. The number of nitrogens with one attached hydrogen (secondary N) is 1. The van der Waals surface area contributed by atoms with Crippen molar-refractivity contribution in [1.29, 1.82) is 0 Å². The van der Waals surface area contributed by atoms with E-state index in [9.17, 15) is 0 Å². The second-order valence-electron chi connectivity index (χ2n) is 6.02. The summed E-state index contributed by atoms with van der Waals surface area (Å²) in [6.07, 6.45) is 4.64. The van der Waals surface area contributed by atoms with Crippen molar-refractivity contribution >= 4 is 0 Å². The predicted octanol–water partition coefficient (Wildman–Crippen LogP) is 4.10. The first-order valence-electron chi connectivity index (χ1n) is 8.71. The van der Waals surface area contributed by atoms with Gasteiger partial charge < -0.3 is 14.8 Å². The minimum absolute atomic E-state index is 0.729. The van der Waals surface area contributed by atoms with E-state index in [1.165, 1.54) is 5.56 Å². The van der Waals surface area contributed by atoms with Gasteiger partial charge in [-0.2, -0.15) is 0 Å². The number of hydrogen-bond acceptors (Lipinski definition) is 4. The molecule has 2 aromatic carbocycles.